The van der Waals surface area contributed by atoms with Gasteiger partial charge in [-0.25, -0.2) is 0 Å². The summed E-state index contributed by atoms with van der Waals surface area (Å²) in [6, 6.07) is 0. The molecule has 0 aliphatic carbocycles. The van der Waals surface area contributed by atoms with Gasteiger partial charge in [0.25, 0.3) is 0 Å². The van der Waals surface area contributed by atoms with Gasteiger partial charge in [0.05, 0.1) is 19.2 Å². The summed E-state index contributed by atoms with van der Waals surface area (Å²) in [5.41, 5.74) is 0. The molecule has 0 unspecified atom stereocenters. The molecule has 3 N–H and O–H groups in total. The SMILES string of the molecule is O[C@H]1CCC[NH2+]CC1. The van der Waals surface area contributed by atoms with Gasteiger partial charge in [-0.2, -0.15) is 0 Å². The van der Waals surface area contributed by atoms with Crippen LogP contribution in [-0.2, 0) is 0 Å². The zero-order valence-electron chi connectivity index (χ0n) is 5.14. The third-order valence-corrected chi connectivity index (χ3v) is 1.65. The van der Waals surface area contributed by atoms with E-state index >= 15 is 0 Å². The average molecular weight is 116 g/mol. The number of hydrogen-bond acceptors (Lipinski definition) is 1. The lowest BCUT2D eigenvalue weighted by Gasteiger charge is -1.99. The van der Waals surface area contributed by atoms with Crippen molar-refractivity contribution in [2.45, 2.75) is 25.4 Å². The highest BCUT2D eigenvalue weighted by atomic mass is 16.3. The van der Waals surface area contributed by atoms with Crippen LogP contribution in [-0.4, -0.2) is 24.3 Å². The second-order valence-electron chi connectivity index (χ2n) is 2.45. The van der Waals surface area contributed by atoms with E-state index in [0.717, 1.165) is 19.4 Å². The number of rotatable bonds is 0. The van der Waals surface area contributed by atoms with Gasteiger partial charge in [0.2, 0.25) is 0 Å². The van der Waals surface area contributed by atoms with Gasteiger partial charge in [-0.05, 0) is 12.8 Å². The lowest BCUT2D eigenvalue weighted by molar-refractivity contribution is -0.653. The number of quaternary nitrogens is 1. The normalized spacial score (nSPS) is 31.9. The zero-order valence-corrected chi connectivity index (χ0v) is 5.14. The Bertz CT molecular complexity index is 57.5. The summed E-state index contributed by atoms with van der Waals surface area (Å²) in [6.45, 7) is 2.32. The quantitative estimate of drug-likeness (QED) is 0.422. The fourth-order valence-corrected chi connectivity index (χ4v) is 1.10. The molecule has 2 nitrogen and oxygen atoms in total. The number of nitrogens with two attached hydrogens (primary N) is 1. The Morgan fingerprint density at radius 1 is 1.25 bits per heavy atom. The molecule has 48 valence electrons. The summed E-state index contributed by atoms with van der Waals surface area (Å²) in [5.74, 6) is 0. The van der Waals surface area contributed by atoms with E-state index < -0.39 is 0 Å². The molecule has 0 radical (unpaired) electrons. The van der Waals surface area contributed by atoms with Crippen LogP contribution >= 0.6 is 0 Å². The van der Waals surface area contributed by atoms with E-state index in [-0.39, 0.29) is 6.10 Å². The largest absolute Gasteiger partial charge is 0.393 e. The second-order valence-corrected chi connectivity index (χ2v) is 2.45. The van der Waals surface area contributed by atoms with Gasteiger partial charge in [0, 0.05) is 6.42 Å². The molecule has 1 saturated heterocycles. The molecule has 1 atom stereocenters. The summed E-state index contributed by atoms with van der Waals surface area (Å²) in [6.07, 6.45) is 3.17. The summed E-state index contributed by atoms with van der Waals surface area (Å²) in [5, 5.41) is 11.3. The van der Waals surface area contributed by atoms with Gasteiger partial charge < -0.3 is 10.4 Å². The molecule has 0 saturated carbocycles. The van der Waals surface area contributed by atoms with Crippen LogP contribution in [0.25, 0.3) is 0 Å². The van der Waals surface area contributed by atoms with E-state index in [4.69, 9.17) is 5.11 Å². The van der Waals surface area contributed by atoms with Crippen molar-refractivity contribution >= 4 is 0 Å². The first-order valence-electron chi connectivity index (χ1n) is 3.39. The van der Waals surface area contributed by atoms with Crippen LogP contribution in [0, 0.1) is 0 Å². The van der Waals surface area contributed by atoms with E-state index in [2.05, 4.69) is 5.32 Å². The monoisotopic (exact) mass is 116 g/mol. The van der Waals surface area contributed by atoms with Crippen molar-refractivity contribution in [2.75, 3.05) is 13.1 Å². The molecular weight excluding hydrogens is 102 g/mol. The smallest absolute Gasteiger partial charge is 0.0780 e. The Kier molecular flexibility index (Phi) is 2.30. The van der Waals surface area contributed by atoms with Crippen LogP contribution in [0.5, 0.6) is 0 Å². The summed E-state index contributed by atoms with van der Waals surface area (Å²) >= 11 is 0. The van der Waals surface area contributed by atoms with E-state index in [1.54, 1.807) is 0 Å². The van der Waals surface area contributed by atoms with Crippen LogP contribution in [0.4, 0.5) is 0 Å². The minimum absolute atomic E-state index is 0.00579. The number of aliphatic hydroxyl groups excluding tert-OH is 1. The first-order chi connectivity index (χ1) is 3.89. The van der Waals surface area contributed by atoms with Gasteiger partial charge in [0.1, 0.15) is 0 Å². The maximum absolute atomic E-state index is 9.07. The Hall–Kier alpha value is -0.0800. The predicted octanol–water partition coefficient (Wildman–Crippen LogP) is -0.905. The van der Waals surface area contributed by atoms with Crippen LogP contribution in [0.15, 0.2) is 0 Å². The predicted molar refractivity (Wildman–Crippen MR) is 31.5 cm³/mol. The average Bonchev–Trinajstić information content (AvgIpc) is 1.94. The fourth-order valence-electron chi connectivity index (χ4n) is 1.10. The maximum atomic E-state index is 9.07. The maximum Gasteiger partial charge on any atom is 0.0780 e. The van der Waals surface area contributed by atoms with Crippen molar-refractivity contribution in [3.8, 4) is 0 Å². The molecule has 0 bridgehead atoms. The molecule has 1 heterocycles. The van der Waals surface area contributed by atoms with Crippen LogP contribution in [0.2, 0.25) is 0 Å². The van der Waals surface area contributed by atoms with E-state index in [1.165, 1.54) is 13.0 Å². The topological polar surface area (TPSA) is 36.8 Å². The van der Waals surface area contributed by atoms with Crippen molar-refractivity contribution < 1.29 is 10.4 Å². The van der Waals surface area contributed by atoms with E-state index in [1.807, 2.05) is 0 Å². The Labute approximate surface area is 49.9 Å². The van der Waals surface area contributed by atoms with Gasteiger partial charge in [0.15, 0.2) is 0 Å². The third kappa shape index (κ3) is 1.80. The lowest BCUT2D eigenvalue weighted by atomic mass is 10.2. The molecule has 0 aromatic heterocycles. The van der Waals surface area contributed by atoms with Crippen LogP contribution < -0.4 is 5.32 Å². The molecule has 0 aromatic carbocycles. The van der Waals surface area contributed by atoms with Crippen LogP contribution in [0.3, 0.4) is 0 Å². The Balaban J connectivity index is 2.17. The molecule has 8 heavy (non-hydrogen) atoms. The van der Waals surface area contributed by atoms with Crippen molar-refractivity contribution in [3.05, 3.63) is 0 Å². The molecular formula is C6H14NO+. The molecule has 1 aliphatic heterocycles. The first-order valence-corrected chi connectivity index (χ1v) is 3.39. The van der Waals surface area contributed by atoms with Crippen LogP contribution in [0.1, 0.15) is 19.3 Å². The number of hydrogen-bond donors (Lipinski definition) is 2. The van der Waals surface area contributed by atoms with Gasteiger partial charge in [-0.1, -0.05) is 0 Å². The molecule has 1 aliphatic rings. The molecule has 0 spiro atoms. The minimum Gasteiger partial charge on any atom is -0.393 e. The lowest BCUT2D eigenvalue weighted by Crippen LogP contribution is -2.83. The molecule has 0 aromatic rings. The minimum atomic E-state index is -0.00579. The summed E-state index contributed by atoms with van der Waals surface area (Å²) in [7, 11) is 0. The summed E-state index contributed by atoms with van der Waals surface area (Å²) < 4.78 is 0. The highest BCUT2D eigenvalue weighted by Crippen LogP contribution is 1.99. The molecule has 1 rings (SSSR count). The summed E-state index contributed by atoms with van der Waals surface area (Å²) in [4.78, 5) is 0. The molecule has 1 fully saturated rings. The molecule has 2 heteroatoms. The first kappa shape index (κ1) is 6.05. The van der Waals surface area contributed by atoms with Gasteiger partial charge >= 0.3 is 0 Å². The van der Waals surface area contributed by atoms with Crippen molar-refractivity contribution in [2.24, 2.45) is 0 Å². The van der Waals surface area contributed by atoms with Gasteiger partial charge in [-0.3, -0.25) is 0 Å². The van der Waals surface area contributed by atoms with Gasteiger partial charge in [-0.15, -0.1) is 0 Å². The fraction of sp³-hybridized carbons (Fsp3) is 1.00. The third-order valence-electron chi connectivity index (χ3n) is 1.65. The van der Waals surface area contributed by atoms with Crippen molar-refractivity contribution in [3.63, 3.8) is 0 Å². The molecule has 0 amide bonds. The Morgan fingerprint density at radius 3 is 3.00 bits per heavy atom. The van der Waals surface area contributed by atoms with E-state index in [0.29, 0.717) is 0 Å². The highest BCUT2D eigenvalue weighted by molar-refractivity contribution is 4.55. The zero-order chi connectivity index (χ0) is 5.82. The standard InChI is InChI=1S/C6H13NO/c8-6-2-1-4-7-5-3-6/h6-8H,1-5H2/p+1/t6-/m0/s1. The highest BCUT2D eigenvalue weighted by Gasteiger charge is 2.08. The number of aliphatic hydroxyl groups is 1. The van der Waals surface area contributed by atoms with Crippen molar-refractivity contribution in [1.82, 2.24) is 0 Å². The Morgan fingerprint density at radius 2 is 2.12 bits per heavy atom. The van der Waals surface area contributed by atoms with Crippen molar-refractivity contribution in [1.29, 1.82) is 0 Å². The second kappa shape index (κ2) is 3.05. The van der Waals surface area contributed by atoms with E-state index in [9.17, 15) is 0 Å².